The average molecular weight is 491 g/mol. The van der Waals surface area contributed by atoms with Crippen LogP contribution in [0.2, 0.25) is 0 Å². The van der Waals surface area contributed by atoms with Crippen molar-refractivity contribution in [2.45, 2.75) is 103 Å². The summed E-state index contributed by atoms with van der Waals surface area (Å²) in [7, 11) is 0. The highest BCUT2D eigenvalue weighted by Crippen LogP contribution is 2.13. The van der Waals surface area contributed by atoms with Gasteiger partial charge in [0.1, 0.15) is 12.1 Å². The van der Waals surface area contributed by atoms with Crippen molar-refractivity contribution in [3.63, 3.8) is 0 Å². The lowest BCUT2D eigenvalue weighted by atomic mass is 9.99. The minimum absolute atomic E-state index is 0.0885. The molecule has 0 aromatic carbocycles. The van der Waals surface area contributed by atoms with Gasteiger partial charge in [-0.2, -0.15) is 0 Å². The Balaban J connectivity index is 2.08. The van der Waals surface area contributed by atoms with Gasteiger partial charge in [0, 0.05) is 30.8 Å². The van der Waals surface area contributed by atoms with Crippen molar-refractivity contribution in [2.75, 3.05) is 6.54 Å². The Morgan fingerprint density at radius 2 is 1.63 bits per heavy atom. The van der Waals surface area contributed by atoms with Crippen molar-refractivity contribution in [1.82, 2.24) is 31.2 Å². The molecular formula is C25H42N6O4. The third kappa shape index (κ3) is 10.5. The number of imidazole rings is 1. The highest BCUT2D eigenvalue weighted by atomic mass is 16.2. The van der Waals surface area contributed by atoms with Crippen LogP contribution in [0.15, 0.2) is 12.5 Å². The predicted octanol–water partition coefficient (Wildman–Crippen LogP) is 1.72. The highest BCUT2D eigenvalue weighted by molar-refractivity contribution is 5.94. The number of nitrogens with zero attached hydrogens (tertiary/aromatic N) is 1. The van der Waals surface area contributed by atoms with E-state index in [1.807, 2.05) is 13.8 Å². The number of unbranched alkanes of at least 4 members (excludes halogenated alkanes) is 6. The maximum Gasteiger partial charge on any atom is 0.243 e. The van der Waals surface area contributed by atoms with Crippen LogP contribution in [0.5, 0.6) is 0 Å². The second kappa shape index (κ2) is 15.2. The largest absolute Gasteiger partial charge is 0.351 e. The molecule has 4 amide bonds. The minimum Gasteiger partial charge on any atom is -0.351 e. The van der Waals surface area contributed by atoms with Crippen molar-refractivity contribution < 1.29 is 19.2 Å². The van der Waals surface area contributed by atoms with E-state index in [1.54, 1.807) is 6.20 Å². The molecule has 2 rings (SSSR count). The average Bonchev–Trinajstić information content (AvgIpc) is 3.32. The molecule has 0 saturated carbocycles. The molecule has 5 N–H and O–H groups in total. The van der Waals surface area contributed by atoms with Gasteiger partial charge in [0.25, 0.3) is 0 Å². The fourth-order valence-corrected chi connectivity index (χ4v) is 4.20. The van der Waals surface area contributed by atoms with Crippen molar-refractivity contribution in [2.24, 2.45) is 5.92 Å². The molecule has 1 aliphatic heterocycles. The number of nitrogens with one attached hydrogen (secondary N) is 5. The van der Waals surface area contributed by atoms with Gasteiger partial charge in [-0.05, 0) is 12.3 Å². The number of H-pyrrole nitrogens is 1. The normalized spacial score (nSPS) is 22.3. The Bertz CT molecular complexity index is 811. The summed E-state index contributed by atoms with van der Waals surface area (Å²) in [6.07, 6.45) is 12.0. The first-order chi connectivity index (χ1) is 16.8. The maximum absolute atomic E-state index is 13.2. The molecule has 3 atom stereocenters. The maximum atomic E-state index is 13.2. The highest BCUT2D eigenvalue weighted by Gasteiger charge is 2.31. The topological polar surface area (TPSA) is 145 Å². The van der Waals surface area contributed by atoms with Gasteiger partial charge in [0.2, 0.25) is 23.6 Å². The molecule has 10 heteroatoms. The van der Waals surface area contributed by atoms with E-state index in [2.05, 4.69) is 38.2 Å². The number of carbonyl (C=O) groups excluding carboxylic acids is 4. The second-order valence-electron chi connectivity index (χ2n) is 9.73. The summed E-state index contributed by atoms with van der Waals surface area (Å²) >= 11 is 0. The molecule has 196 valence electrons. The third-order valence-electron chi connectivity index (χ3n) is 6.26. The van der Waals surface area contributed by atoms with Gasteiger partial charge in [-0.1, -0.05) is 65.7 Å². The van der Waals surface area contributed by atoms with Gasteiger partial charge in [-0.3, -0.25) is 19.2 Å². The van der Waals surface area contributed by atoms with Crippen molar-refractivity contribution >= 4 is 23.6 Å². The Kier molecular flexibility index (Phi) is 12.3. The van der Waals surface area contributed by atoms with E-state index in [9.17, 15) is 19.2 Å². The Labute approximate surface area is 208 Å². The number of hydrogen-bond donors (Lipinski definition) is 5. The van der Waals surface area contributed by atoms with Crippen LogP contribution in [0.1, 0.15) is 84.3 Å². The molecule has 1 aliphatic rings. The lowest BCUT2D eigenvalue weighted by Crippen LogP contribution is -2.57. The fourth-order valence-electron chi connectivity index (χ4n) is 4.20. The number of rotatable bonds is 11. The Morgan fingerprint density at radius 3 is 2.29 bits per heavy atom. The van der Waals surface area contributed by atoms with Crippen molar-refractivity contribution in [1.29, 1.82) is 0 Å². The summed E-state index contributed by atoms with van der Waals surface area (Å²) in [6.45, 7) is 5.65. The molecule has 1 saturated heterocycles. The van der Waals surface area contributed by atoms with Crippen molar-refractivity contribution in [3.05, 3.63) is 18.2 Å². The van der Waals surface area contributed by atoms with Crippen LogP contribution in [-0.4, -0.2) is 58.3 Å². The lowest BCUT2D eigenvalue weighted by molar-refractivity contribution is -0.132. The molecule has 35 heavy (non-hydrogen) atoms. The third-order valence-corrected chi connectivity index (χ3v) is 6.26. The molecule has 0 spiro atoms. The molecular weight excluding hydrogens is 448 g/mol. The van der Waals surface area contributed by atoms with Gasteiger partial charge in [-0.25, -0.2) is 4.98 Å². The van der Waals surface area contributed by atoms with E-state index in [0.717, 1.165) is 19.3 Å². The lowest BCUT2D eigenvalue weighted by Gasteiger charge is -2.27. The van der Waals surface area contributed by atoms with Crippen LogP contribution in [0.4, 0.5) is 0 Å². The van der Waals surface area contributed by atoms with Gasteiger partial charge in [-0.15, -0.1) is 0 Å². The van der Waals surface area contributed by atoms with Gasteiger partial charge in [0.15, 0.2) is 0 Å². The van der Waals surface area contributed by atoms with Crippen LogP contribution in [0.3, 0.4) is 0 Å². The van der Waals surface area contributed by atoms with E-state index in [-0.39, 0.29) is 43.2 Å². The zero-order valence-corrected chi connectivity index (χ0v) is 21.3. The van der Waals surface area contributed by atoms with Crippen LogP contribution in [0, 0.1) is 5.92 Å². The standard InChI is InChI=1S/C25H42N6O4/c1-4-5-6-7-8-9-10-11-18-13-21(32)27-15-22(33)30-20(12-19-14-26-16-28-19)24(34)31-23(17(2)3)25(35)29-18/h14,16-18,20,23H,4-13,15H2,1-3H3,(H,26,28)(H,27,32)(H,29,35)(H,30,33)(H,31,34)/t18?,20-,23?/m0/s1. The number of amides is 4. The van der Waals surface area contributed by atoms with Gasteiger partial charge >= 0.3 is 0 Å². The molecule has 0 aliphatic carbocycles. The summed E-state index contributed by atoms with van der Waals surface area (Å²) in [5.41, 5.74) is 0.666. The molecule has 2 unspecified atom stereocenters. The van der Waals surface area contributed by atoms with Crippen LogP contribution >= 0.6 is 0 Å². The molecule has 0 radical (unpaired) electrons. The predicted molar refractivity (Wildman–Crippen MR) is 133 cm³/mol. The Morgan fingerprint density at radius 1 is 0.914 bits per heavy atom. The smallest absolute Gasteiger partial charge is 0.243 e. The van der Waals surface area contributed by atoms with E-state index in [0.29, 0.717) is 12.1 Å². The number of hydrogen-bond acceptors (Lipinski definition) is 5. The second-order valence-corrected chi connectivity index (χ2v) is 9.73. The summed E-state index contributed by atoms with van der Waals surface area (Å²) < 4.78 is 0. The van der Waals surface area contributed by atoms with Crippen LogP contribution in [-0.2, 0) is 25.6 Å². The summed E-state index contributed by atoms with van der Waals surface area (Å²) in [5, 5.41) is 11.1. The number of aromatic amines is 1. The quantitative estimate of drug-likeness (QED) is 0.300. The van der Waals surface area contributed by atoms with Crippen molar-refractivity contribution in [3.8, 4) is 0 Å². The summed E-state index contributed by atoms with van der Waals surface area (Å²) in [5.74, 6) is -1.74. The first kappa shape index (κ1) is 28.3. The zero-order chi connectivity index (χ0) is 25.6. The monoisotopic (exact) mass is 490 g/mol. The van der Waals surface area contributed by atoms with E-state index >= 15 is 0 Å². The molecule has 1 aromatic rings. The van der Waals surface area contributed by atoms with E-state index in [4.69, 9.17) is 0 Å². The van der Waals surface area contributed by atoms with Gasteiger partial charge < -0.3 is 26.3 Å². The molecule has 2 heterocycles. The number of aromatic nitrogens is 2. The van der Waals surface area contributed by atoms with Gasteiger partial charge in [0.05, 0.1) is 12.9 Å². The summed E-state index contributed by atoms with van der Waals surface area (Å²) in [6, 6.07) is -2.07. The molecule has 10 nitrogen and oxygen atoms in total. The molecule has 1 aromatic heterocycles. The van der Waals surface area contributed by atoms with Crippen LogP contribution in [0.25, 0.3) is 0 Å². The first-order valence-electron chi connectivity index (χ1n) is 12.9. The van der Waals surface area contributed by atoms with Crippen LogP contribution < -0.4 is 21.3 Å². The van der Waals surface area contributed by atoms with E-state index < -0.39 is 23.9 Å². The fraction of sp³-hybridized carbons (Fsp3) is 0.720. The van der Waals surface area contributed by atoms with E-state index in [1.165, 1.54) is 32.0 Å². The minimum atomic E-state index is -0.918. The Hall–Kier alpha value is -2.91. The number of carbonyl (C=O) groups is 4. The molecule has 0 bridgehead atoms. The summed E-state index contributed by atoms with van der Waals surface area (Å²) in [4.78, 5) is 58.1. The first-order valence-corrected chi connectivity index (χ1v) is 12.9. The molecule has 1 fully saturated rings. The zero-order valence-electron chi connectivity index (χ0n) is 21.3. The SMILES string of the molecule is CCCCCCCCCC1CC(=O)NCC(=O)N[C@@H](Cc2cnc[nH]2)C(=O)NC(C(C)C)C(=O)N1.